The van der Waals surface area contributed by atoms with E-state index in [0.29, 0.717) is 34.5 Å². The Bertz CT molecular complexity index is 1130. The molecule has 4 rings (SSSR count). The smallest absolute Gasteiger partial charge is 0.338 e. The Morgan fingerprint density at radius 1 is 1.12 bits per heavy atom. The van der Waals surface area contributed by atoms with E-state index in [1.807, 2.05) is 31.2 Å². The summed E-state index contributed by atoms with van der Waals surface area (Å²) < 4.78 is 30.6. The zero-order chi connectivity index (χ0) is 22.7. The van der Waals surface area contributed by atoms with E-state index in [-0.39, 0.29) is 17.9 Å². The van der Waals surface area contributed by atoms with Gasteiger partial charge in [0.2, 0.25) is 0 Å². The number of fused-ring (bicyclic) bond motifs is 1. The highest BCUT2D eigenvalue weighted by Crippen LogP contribution is 2.34. The molecule has 6 nitrogen and oxygen atoms in total. The zero-order valence-electron chi connectivity index (χ0n) is 18.6. The van der Waals surface area contributed by atoms with Crippen LogP contribution in [0.15, 0.2) is 42.5 Å². The maximum atomic E-state index is 14.1. The number of ether oxygens (including phenoxy) is 3. The highest BCUT2D eigenvalue weighted by Gasteiger charge is 2.23. The molecule has 1 aliphatic heterocycles. The number of benzene rings is 2. The lowest BCUT2D eigenvalue weighted by atomic mass is 10.0. The number of carbonyl (C=O) groups is 1. The summed E-state index contributed by atoms with van der Waals surface area (Å²) in [5.41, 5.74) is 2.94. The van der Waals surface area contributed by atoms with Crippen LogP contribution in [0.25, 0.3) is 10.9 Å². The second kappa shape index (κ2) is 9.53. The molecule has 7 heteroatoms. The summed E-state index contributed by atoms with van der Waals surface area (Å²) in [5.74, 6) is 0.317. The Morgan fingerprint density at radius 3 is 2.59 bits per heavy atom. The lowest BCUT2D eigenvalue weighted by Gasteiger charge is -2.32. The van der Waals surface area contributed by atoms with Gasteiger partial charge in [0.05, 0.1) is 19.8 Å². The first-order valence-electron chi connectivity index (χ1n) is 10.7. The van der Waals surface area contributed by atoms with Crippen molar-refractivity contribution in [2.45, 2.75) is 32.4 Å². The number of rotatable bonds is 6. The number of hydrogen-bond donors (Lipinski definition) is 0. The molecule has 0 N–H and O–H groups in total. The summed E-state index contributed by atoms with van der Waals surface area (Å²) in [4.78, 5) is 18.9. The number of aryl methyl sites for hydroxylation is 1. The first-order chi connectivity index (χ1) is 15.5. The SMILES string of the molecule is COC(=O)c1ccccc1CN1CCC(Oc2cc(C)nc3c(OC)cc(F)cc23)CC1. The summed E-state index contributed by atoms with van der Waals surface area (Å²) in [6.07, 6.45) is 1.67. The van der Waals surface area contributed by atoms with Crippen molar-refractivity contribution >= 4 is 16.9 Å². The number of pyridine rings is 1. The van der Waals surface area contributed by atoms with Crippen molar-refractivity contribution in [3.8, 4) is 11.5 Å². The Labute approximate surface area is 186 Å². The van der Waals surface area contributed by atoms with Gasteiger partial charge in [0.25, 0.3) is 0 Å². The van der Waals surface area contributed by atoms with E-state index in [4.69, 9.17) is 14.2 Å². The minimum Gasteiger partial charge on any atom is -0.494 e. The Morgan fingerprint density at radius 2 is 1.88 bits per heavy atom. The number of esters is 1. The number of aromatic nitrogens is 1. The van der Waals surface area contributed by atoms with Crippen LogP contribution in [0.2, 0.25) is 0 Å². The summed E-state index contributed by atoms with van der Waals surface area (Å²) in [5, 5.41) is 0.613. The number of piperidine rings is 1. The molecule has 0 bridgehead atoms. The van der Waals surface area contributed by atoms with E-state index in [1.165, 1.54) is 26.4 Å². The van der Waals surface area contributed by atoms with E-state index in [0.717, 1.165) is 37.2 Å². The highest BCUT2D eigenvalue weighted by atomic mass is 19.1. The summed E-state index contributed by atoms with van der Waals surface area (Å²) in [6, 6.07) is 12.2. The van der Waals surface area contributed by atoms with Crippen LogP contribution in [0.4, 0.5) is 4.39 Å². The first kappa shape index (κ1) is 22.0. The topological polar surface area (TPSA) is 60.9 Å². The Balaban J connectivity index is 1.46. The molecular weight excluding hydrogens is 411 g/mol. The molecule has 1 saturated heterocycles. The molecule has 0 aliphatic carbocycles. The van der Waals surface area contributed by atoms with E-state index < -0.39 is 0 Å². The predicted molar refractivity (Wildman–Crippen MR) is 120 cm³/mol. The second-order valence-corrected chi connectivity index (χ2v) is 8.01. The van der Waals surface area contributed by atoms with Crippen LogP contribution in [-0.2, 0) is 11.3 Å². The van der Waals surface area contributed by atoms with Crippen LogP contribution < -0.4 is 9.47 Å². The maximum Gasteiger partial charge on any atom is 0.338 e. The van der Waals surface area contributed by atoms with Gasteiger partial charge in [0.1, 0.15) is 28.9 Å². The minimum absolute atomic E-state index is 0.0152. The highest BCUT2D eigenvalue weighted by molar-refractivity contribution is 5.91. The van der Waals surface area contributed by atoms with E-state index in [1.54, 1.807) is 6.07 Å². The van der Waals surface area contributed by atoms with Crippen LogP contribution in [0.5, 0.6) is 11.5 Å². The maximum absolute atomic E-state index is 14.1. The number of carbonyl (C=O) groups excluding carboxylic acids is 1. The molecule has 0 spiro atoms. The normalized spacial score (nSPS) is 15.0. The van der Waals surface area contributed by atoms with Gasteiger partial charge < -0.3 is 14.2 Å². The van der Waals surface area contributed by atoms with Crippen molar-refractivity contribution in [2.75, 3.05) is 27.3 Å². The van der Waals surface area contributed by atoms with Crippen molar-refractivity contribution in [2.24, 2.45) is 0 Å². The summed E-state index contributed by atoms with van der Waals surface area (Å²) in [6.45, 7) is 4.23. The molecule has 0 unspecified atom stereocenters. The molecule has 0 radical (unpaired) electrons. The van der Waals surface area contributed by atoms with Crippen LogP contribution in [0.1, 0.15) is 34.5 Å². The van der Waals surface area contributed by atoms with Gasteiger partial charge in [-0.15, -0.1) is 0 Å². The van der Waals surface area contributed by atoms with Crippen LogP contribution in [-0.4, -0.2) is 49.3 Å². The van der Waals surface area contributed by atoms with Crippen molar-refractivity contribution < 1.29 is 23.4 Å². The summed E-state index contributed by atoms with van der Waals surface area (Å²) >= 11 is 0. The van der Waals surface area contributed by atoms with Gasteiger partial charge in [-0.3, -0.25) is 4.90 Å². The average Bonchev–Trinajstić information content (AvgIpc) is 2.80. The molecule has 0 amide bonds. The Hall–Kier alpha value is -3.19. The quantitative estimate of drug-likeness (QED) is 0.528. The van der Waals surface area contributed by atoms with E-state index in [2.05, 4.69) is 9.88 Å². The van der Waals surface area contributed by atoms with Gasteiger partial charge >= 0.3 is 5.97 Å². The lowest BCUT2D eigenvalue weighted by molar-refractivity contribution is 0.0595. The molecule has 0 atom stereocenters. The van der Waals surface area contributed by atoms with E-state index >= 15 is 0 Å². The Kier molecular flexibility index (Phi) is 6.55. The first-order valence-corrected chi connectivity index (χ1v) is 10.7. The molecule has 168 valence electrons. The molecular formula is C25H27FN2O4. The third kappa shape index (κ3) is 4.67. The molecule has 32 heavy (non-hydrogen) atoms. The third-order valence-corrected chi connectivity index (χ3v) is 5.80. The molecule has 0 saturated carbocycles. The van der Waals surface area contributed by atoms with Gasteiger partial charge in [0, 0.05) is 42.8 Å². The number of halogens is 1. The molecule has 1 fully saturated rings. The van der Waals surface area contributed by atoms with Crippen molar-refractivity contribution in [3.63, 3.8) is 0 Å². The molecule has 3 aromatic rings. The fraction of sp³-hybridized carbons (Fsp3) is 0.360. The fourth-order valence-electron chi connectivity index (χ4n) is 4.18. The third-order valence-electron chi connectivity index (χ3n) is 5.80. The van der Waals surface area contributed by atoms with Crippen molar-refractivity contribution in [1.82, 2.24) is 9.88 Å². The minimum atomic E-state index is -0.385. The molecule has 2 heterocycles. The fourth-order valence-corrected chi connectivity index (χ4v) is 4.18. The van der Waals surface area contributed by atoms with Crippen molar-refractivity contribution in [1.29, 1.82) is 0 Å². The summed E-state index contributed by atoms with van der Waals surface area (Å²) in [7, 11) is 2.90. The van der Waals surface area contributed by atoms with Gasteiger partial charge in [-0.1, -0.05) is 18.2 Å². The predicted octanol–water partition coefficient (Wildman–Crippen LogP) is 4.52. The van der Waals surface area contributed by atoms with Gasteiger partial charge in [0.15, 0.2) is 0 Å². The zero-order valence-corrected chi connectivity index (χ0v) is 18.6. The number of methoxy groups -OCH3 is 2. The second-order valence-electron chi connectivity index (χ2n) is 8.01. The number of nitrogens with zero attached hydrogens (tertiary/aromatic N) is 2. The van der Waals surface area contributed by atoms with Crippen LogP contribution >= 0.6 is 0 Å². The lowest BCUT2D eigenvalue weighted by Crippen LogP contribution is -2.38. The number of likely N-dealkylation sites (tertiary alicyclic amines) is 1. The monoisotopic (exact) mass is 438 g/mol. The van der Waals surface area contributed by atoms with Gasteiger partial charge in [-0.2, -0.15) is 0 Å². The van der Waals surface area contributed by atoms with Crippen LogP contribution in [0, 0.1) is 12.7 Å². The largest absolute Gasteiger partial charge is 0.494 e. The molecule has 2 aromatic carbocycles. The average molecular weight is 438 g/mol. The van der Waals surface area contributed by atoms with Crippen molar-refractivity contribution in [3.05, 3.63) is 65.1 Å². The van der Waals surface area contributed by atoms with Crippen LogP contribution in [0.3, 0.4) is 0 Å². The standard InChI is InChI=1S/C25H27FN2O4/c1-16-12-22(21-13-18(26)14-23(30-2)24(21)27-16)32-19-8-10-28(11-9-19)15-17-6-4-5-7-20(17)25(29)31-3/h4-7,12-14,19H,8-11,15H2,1-3H3. The van der Waals surface area contributed by atoms with Gasteiger partial charge in [-0.05, 0) is 37.5 Å². The molecule has 1 aliphatic rings. The van der Waals surface area contributed by atoms with Gasteiger partial charge in [-0.25, -0.2) is 14.2 Å². The molecule has 1 aromatic heterocycles. The van der Waals surface area contributed by atoms with E-state index in [9.17, 15) is 9.18 Å². The number of hydrogen-bond acceptors (Lipinski definition) is 6.